The molecular weight excluding hydrogens is 290 g/mol. The first-order chi connectivity index (χ1) is 11.3. The molecule has 1 aromatic rings. The van der Waals surface area contributed by atoms with E-state index in [0.717, 1.165) is 50.7 Å². The van der Waals surface area contributed by atoms with Crippen LogP contribution < -0.4 is 15.1 Å². The Kier molecular flexibility index (Phi) is 5.31. The lowest BCUT2D eigenvalue weighted by Gasteiger charge is -2.33. The van der Waals surface area contributed by atoms with Crippen LogP contribution in [0.5, 0.6) is 0 Å². The molecule has 2 aliphatic heterocycles. The van der Waals surface area contributed by atoms with Gasteiger partial charge in [-0.3, -0.25) is 4.79 Å². The maximum Gasteiger partial charge on any atom is 0.225 e. The van der Waals surface area contributed by atoms with Crippen LogP contribution in [0.1, 0.15) is 39.0 Å². The highest BCUT2D eigenvalue weighted by Crippen LogP contribution is 2.23. The zero-order chi connectivity index (χ0) is 16.1. The number of hydrogen-bond donors (Lipinski definition) is 1. The number of carbonyl (C=O) groups is 1. The van der Waals surface area contributed by atoms with Gasteiger partial charge in [-0.2, -0.15) is 0 Å². The van der Waals surface area contributed by atoms with E-state index in [-0.39, 0.29) is 11.8 Å². The Bertz CT molecular complexity index is 504. The average Bonchev–Trinajstić information content (AvgIpc) is 2.63. The minimum absolute atomic E-state index is 0.153. The largest absolute Gasteiger partial charge is 0.369 e. The molecule has 6 heteroatoms. The van der Waals surface area contributed by atoms with Gasteiger partial charge in [0.25, 0.3) is 0 Å². The minimum atomic E-state index is 0.153. The minimum Gasteiger partial charge on any atom is -0.369 e. The summed E-state index contributed by atoms with van der Waals surface area (Å²) in [7, 11) is 0. The second-order valence-corrected chi connectivity index (χ2v) is 6.44. The Labute approximate surface area is 138 Å². The highest BCUT2D eigenvalue weighted by Gasteiger charge is 2.25. The van der Waals surface area contributed by atoms with Gasteiger partial charge < -0.3 is 15.1 Å². The zero-order valence-corrected chi connectivity index (χ0v) is 14.0. The molecule has 2 saturated heterocycles. The van der Waals surface area contributed by atoms with E-state index in [1.165, 1.54) is 19.3 Å². The normalized spacial score (nSPS) is 19.7. The Balaban J connectivity index is 1.55. The summed E-state index contributed by atoms with van der Waals surface area (Å²) in [4.78, 5) is 25.6. The fraction of sp³-hybridized carbons (Fsp3) is 0.706. The molecule has 126 valence electrons. The predicted octanol–water partition coefficient (Wildman–Crippen LogP) is 1.82. The topological polar surface area (TPSA) is 61.4 Å². The molecule has 2 fully saturated rings. The molecule has 0 aliphatic carbocycles. The summed E-state index contributed by atoms with van der Waals surface area (Å²) >= 11 is 0. The SMILES string of the molecule is CCNC(=O)C1CCN(c2cnc(N3CCCCC3)nc2)CC1. The number of carbonyl (C=O) groups excluding carboxylic acids is 1. The lowest BCUT2D eigenvalue weighted by Crippen LogP contribution is -2.40. The summed E-state index contributed by atoms with van der Waals surface area (Å²) in [5, 5.41) is 2.93. The third-order valence-electron chi connectivity index (χ3n) is 4.85. The summed E-state index contributed by atoms with van der Waals surface area (Å²) in [6, 6.07) is 0. The molecular formula is C17H27N5O. The molecule has 23 heavy (non-hydrogen) atoms. The van der Waals surface area contributed by atoms with Crippen LogP contribution in [0.4, 0.5) is 11.6 Å². The second-order valence-electron chi connectivity index (χ2n) is 6.44. The van der Waals surface area contributed by atoms with E-state index in [9.17, 15) is 4.79 Å². The van der Waals surface area contributed by atoms with E-state index in [2.05, 4.69) is 25.1 Å². The Morgan fingerprint density at radius 3 is 2.35 bits per heavy atom. The second kappa shape index (κ2) is 7.62. The van der Waals surface area contributed by atoms with E-state index < -0.39 is 0 Å². The monoisotopic (exact) mass is 317 g/mol. The molecule has 0 saturated carbocycles. The zero-order valence-electron chi connectivity index (χ0n) is 14.0. The van der Waals surface area contributed by atoms with Gasteiger partial charge in [0.15, 0.2) is 0 Å². The lowest BCUT2D eigenvalue weighted by atomic mass is 9.96. The summed E-state index contributed by atoms with van der Waals surface area (Å²) in [5.41, 5.74) is 1.07. The van der Waals surface area contributed by atoms with E-state index in [0.29, 0.717) is 6.54 Å². The number of nitrogens with one attached hydrogen (secondary N) is 1. The van der Waals surface area contributed by atoms with Crippen molar-refractivity contribution in [3.63, 3.8) is 0 Å². The molecule has 3 heterocycles. The van der Waals surface area contributed by atoms with Gasteiger partial charge in [0.1, 0.15) is 0 Å². The van der Waals surface area contributed by atoms with Crippen LogP contribution in [0, 0.1) is 5.92 Å². The van der Waals surface area contributed by atoms with Gasteiger partial charge in [0.2, 0.25) is 11.9 Å². The smallest absolute Gasteiger partial charge is 0.225 e. The van der Waals surface area contributed by atoms with E-state index in [4.69, 9.17) is 0 Å². The average molecular weight is 317 g/mol. The number of aromatic nitrogens is 2. The molecule has 0 bridgehead atoms. The van der Waals surface area contributed by atoms with Crippen LogP contribution in [0.15, 0.2) is 12.4 Å². The highest BCUT2D eigenvalue weighted by atomic mass is 16.1. The first-order valence-corrected chi connectivity index (χ1v) is 8.87. The third-order valence-corrected chi connectivity index (χ3v) is 4.85. The first-order valence-electron chi connectivity index (χ1n) is 8.87. The Hall–Kier alpha value is -1.85. The number of rotatable bonds is 4. The number of anilines is 2. The van der Waals surface area contributed by atoms with Crippen molar-refractivity contribution in [1.29, 1.82) is 0 Å². The molecule has 1 amide bonds. The summed E-state index contributed by atoms with van der Waals surface area (Å²) in [5.74, 6) is 1.20. The van der Waals surface area contributed by atoms with Crippen molar-refractivity contribution in [2.24, 2.45) is 5.92 Å². The van der Waals surface area contributed by atoms with E-state index >= 15 is 0 Å². The van der Waals surface area contributed by atoms with Crippen LogP contribution in [0.3, 0.4) is 0 Å². The number of nitrogens with zero attached hydrogens (tertiary/aromatic N) is 4. The quantitative estimate of drug-likeness (QED) is 0.918. The molecule has 0 spiro atoms. The van der Waals surface area contributed by atoms with Gasteiger partial charge in [-0.05, 0) is 39.0 Å². The van der Waals surface area contributed by atoms with Crippen molar-refractivity contribution >= 4 is 17.5 Å². The van der Waals surface area contributed by atoms with E-state index in [1.807, 2.05) is 19.3 Å². The molecule has 0 aromatic carbocycles. The van der Waals surface area contributed by atoms with Crippen molar-refractivity contribution in [3.8, 4) is 0 Å². The van der Waals surface area contributed by atoms with Crippen LogP contribution in [0.2, 0.25) is 0 Å². The van der Waals surface area contributed by atoms with Crippen LogP contribution in [-0.4, -0.2) is 48.6 Å². The molecule has 3 rings (SSSR count). The van der Waals surface area contributed by atoms with Crippen molar-refractivity contribution in [3.05, 3.63) is 12.4 Å². The molecule has 0 atom stereocenters. The lowest BCUT2D eigenvalue weighted by molar-refractivity contribution is -0.125. The number of amides is 1. The Morgan fingerprint density at radius 2 is 1.74 bits per heavy atom. The van der Waals surface area contributed by atoms with Gasteiger partial charge in [0, 0.05) is 38.6 Å². The van der Waals surface area contributed by atoms with Crippen molar-refractivity contribution < 1.29 is 4.79 Å². The molecule has 2 aliphatic rings. The van der Waals surface area contributed by atoms with Gasteiger partial charge in [0.05, 0.1) is 18.1 Å². The fourth-order valence-corrected chi connectivity index (χ4v) is 3.45. The molecule has 1 N–H and O–H groups in total. The highest BCUT2D eigenvalue weighted by molar-refractivity contribution is 5.78. The van der Waals surface area contributed by atoms with Crippen molar-refractivity contribution in [1.82, 2.24) is 15.3 Å². The maximum absolute atomic E-state index is 11.9. The van der Waals surface area contributed by atoms with Crippen molar-refractivity contribution in [2.75, 3.05) is 42.5 Å². The van der Waals surface area contributed by atoms with Crippen LogP contribution >= 0.6 is 0 Å². The fourth-order valence-electron chi connectivity index (χ4n) is 3.45. The molecule has 1 aromatic heterocycles. The third kappa shape index (κ3) is 3.92. The first kappa shape index (κ1) is 16.0. The van der Waals surface area contributed by atoms with Gasteiger partial charge >= 0.3 is 0 Å². The van der Waals surface area contributed by atoms with E-state index in [1.54, 1.807) is 0 Å². The van der Waals surface area contributed by atoms with Gasteiger partial charge in [-0.1, -0.05) is 0 Å². The summed E-state index contributed by atoms with van der Waals surface area (Å²) < 4.78 is 0. The molecule has 0 unspecified atom stereocenters. The number of piperidine rings is 2. The van der Waals surface area contributed by atoms with Crippen molar-refractivity contribution in [2.45, 2.75) is 39.0 Å². The van der Waals surface area contributed by atoms with Crippen LogP contribution in [0.25, 0.3) is 0 Å². The molecule has 0 radical (unpaired) electrons. The predicted molar refractivity (Wildman–Crippen MR) is 91.7 cm³/mol. The standard InChI is InChI=1S/C17H27N5O/c1-2-18-16(23)14-6-10-21(11-7-14)15-12-19-17(20-13-15)22-8-4-3-5-9-22/h12-14H,2-11H2,1H3,(H,18,23). The summed E-state index contributed by atoms with van der Waals surface area (Å²) in [6.07, 6.45) is 9.46. The Morgan fingerprint density at radius 1 is 1.09 bits per heavy atom. The number of hydrogen-bond acceptors (Lipinski definition) is 5. The van der Waals surface area contributed by atoms with Gasteiger partial charge in [-0.15, -0.1) is 0 Å². The summed E-state index contributed by atoms with van der Waals surface area (Å²) in [6.45, 7) is 6.61. The van der Waals surface area contributed by atoms with Crippen LogP contribution in [-0.2, 0) is 4.79 Å². The maximum atomic E-state index is 11.9. The molecule has 6 nitrogen and oxygen atoms in total. The van der Waals surface area contributed by atoms with Gasteiger partial charge in [-0.25, -0.2) is 9.97 Å².